The van der Waals surface area contributed by atoms with Crippen molar-refractivity contribution < 1.29 is 35.9 Å². The number of rotatable bonds is 6. The molecule has 1 saturated carbocycles. The number of ether oxygens (including phenoxy) is 1. The molecule has 37 heavy (non-hydrogen) atoms. The van der Waals surface area contributed by atoms with Gasteiger partial charge in [-0.25, -0.2) is 26.7 Å². The summed E-state index contributed by atoms with van der Waals surface area (Å²) in [5, 5.41) is 0. The zero-order chi connectivity index (χ0) is 26.9. The fourth-order valence-corrected chi connectivity index (χ4v) is 5.00. The minimum absolute atomic E-state index is 0.0763. The van der Waals surface area contributed by atoms with Gasteiger partial charge in [0.05, 0.1) is 5.56 Å². The Balaban J connectivity index is 1.47. The number of hydrogen-bond acceptors (Lipinski definition) is 2. The molecular formula is C29H26F6O2. The van der Waals surface area contributed by atoms with E-state index in [-0.39, 0.29) is 40.5 Å². The summed E-state index contributed by atoms with van der Waals surface area (Å²) in [6.07, 6.45) is 2.60. The van der Waals surface area contributed by atoms with E-state index in [0.717, 1.165) is 12.1 Å². The third-order valence-electron chi connectivity index (χ3n) is 7.09. The predicted molar refractivity (Wildman–Crippen MR) is 127 cm³/mol. The van der Waals surface area contributed by atoms with Crippen molar-refractivity contribution in [3.05, 3.63) is 99.1 Å². The van der Waals surface area contributed by atoms with Crippen molar-refractivity contribution in [2.75, 3.05) is 0 Å². The number of halogens is 6. The van der Waals surface area contributed by atoms with Crippen molar-refractivity contribution in [2.45, 2.75) is 64.2 Å². The normalized spacial score (nSPS) is 17.6. The van der Waals surface area contributed by atoms with Crippen molar-refractivity contribution in [3.8, 4) is 5.75 Å². The molecule has 0 unspecified atom stereocenters. The van der Waals surface area contributed by atoms with E-state index in [0.29, 0.717) is 32.1 Å². The second-order valence-corrected chi connectivity index (χ2v) is 9.47. The molecule has 2 nitrogen and oxygen atoms in total. The summed E-state index contributed by atoms with van der Waals surface area (Å²) in [6, 6.07) is 7.76. The summed E-state index contributed by atoms with van der Waals surface area (Å²) in [4.78, 5) is 12.4. The van der Waals surface area contributed by atoms with E-state index < -0.39 is 52.2 Å². The van der Waals surface area contributed by atoms with Crippen LogP contribution in [-0.2, 0) is 6.42 Å². The van der Waals surface area contributed by atoms with Gasteiger partial charge in [0.1, 0.15) is 0 Å². The molecule has 1 fully saturated rings. The van der Waals surface area contributed by atoms with Crippen LogP contribution in [0.5, 0.6) is 5.75 Å². The highest BCUT2D eigenvalue weighted by molar-refractivity contribution is 5.91. The number of hydrogen-bond donors (Lipinski definition) is 0. The van der Waals surface area contributed by atoms with E-state index in [1.165, 1.54) is 25.1 Å². The van der Waals surface area contributed by atoms with E-state index in [1.54, 1.807) is 13.0 Å². The number of benzene rings is 3. The maximum absolute atomic E-state index is 15.0. The summed E-state index contributed by atoms with van der Waals surface area (Å²) in [5.74, 6) is -9.65. The minimum atomic E-state index is -1.41. The smallest absolute Gasteiger partial charge is 0.346 e. The van der Waals surface area contributed by atoms with Gasteiger partial charge in [0.2, 0.25) is 5.82 Å². The molecule has 1 aliphatic carbocycles. The van der Waals surface area contributed by atoms with E-state index in [1.807, 2.05) is 0 Å². The molecule has 0 aromatic heterocycles. The van der Waals surface area contributed by atoms with Crippen LogP contribution in [0.25, 0.3) is 0 Å². The molecule has 0 atom stereocenters. The maximum atomic E-state index is 15.0. The zero-order valence-corrected chi connectivity index (χ0v) is 20.4. The lowest BCUT2D eigenvalue weighted by atomic mass is 9.75. The molecule has 4 rings (SSSR count). The van der Waals surface area contributed by atoms with E-state index in [4.69, 9.17) is 4.74 Å². The lowest BCUT2D eigenvalue weighted by Gasteiger charge is -2.29. The van der Waals surface area contributed by atoms with Gasteiger partial charge in [-0.2, -0.15) is 4.39 Å². The largest absolute Gasteiger partial charge is 0.420 e. The van der Waals surface area contributed by atoms with Crippen LogP contribution in [0, 0.1) is 41.8 Å². The fraction of sp³-hybridized carbons (Fsp3) is 0.345. The van der Waals surface area contributed by atoms with Crippen LogP contribution in [-0.4, -0.2) is 5.97 Å². The van der Waals surface area contributed by atoms with Crippen molar-refractivity contribution in [2.24, 2.45) is 0 Å². The molecule has 0 bridgehead atoms. The maximum Gasteiger partial charge on any atom is 0.346 e. The minimum Gasteiger partial charge on any atom is -0.420 e. The fourth-order valence-electron chi connectivity index (χ4n) is 5.00. The topological polar surface area (TPSA) is 26.3 Å². The van der Waals surface area contributed by atoms with Gasteiger partial charge in [-0.05, 0) is 85.3 Å². The molecule has 196 valence electrons. The molecule has 0 radical (unpaired) electrons. The van der Waals surface area contributed by atoms with Gasteiger partial charge >= 0.3 is 5.97 Å². The number of carbonyl (C=O) groups excluding carboxylic acids is 1. The second kappa shape index (κ2) is 11.0. The molecule has 8 heteroatoms. The first kappa shape index (κ1) is 26.8. The van der Waals surface area contributed by atoms with Crippen molar-refractivity contribution in [3.63, 3.8) is 0 Å². The molecule has 0 N–H and O–H groups in total. The molecule has 0 amide bonds. The van der Waals surface area contributed by atoms with Crippen LogP contribution in [0.2, 0.25) is 0 Å². The third kappa shape index (κ3) is 5.24. The molecule has 0 aliphatic heterocycles. The molecule has 3 aromatic carbocycles. The Morgan fingerprint density at radius 3 is 1.89 bits per heavy atom. The summed E-state index contributed by atoms with van der Waals surface area (Å²) in [7, 11) is 0. The summed E-state index contributed by atoms with van der Waals surface area (Å²) in [5.41, 5.74) is -0.0496. The third-order valence-corrected chi connectivity index (χ3v) is 7.09. The molecule has 3 aromatic rings. The van der Waals surface area contributed by atoms with Crippen LogP contribution >= 0.6 is 0 Å². The second-order valence-electron chi connectivity index (χ2n) is 9.47. The highest BCUT2D eigenvalue weighted by Gasteiger charge is 2.30. The first-order valence-corrected chi connectivity index (χ1v) is 12.2. The first-order chi connectivity index (χ1) is 17.6. The van der Waals surface area contributed by atoms with E-state index in [2.05, 4.69) is 0 Å². The number of carbonyl (C=O) groups is 1. The molecule has 0 heterocycles. The van der Waals surface area contributed by atoms with Crippen molar-refractivity contribution in [1.29, 1.82) is 0 Å². The van der Waals surface area contributed by atoms with Crippen LogP contribution in [0.1, 0.15) is 83.5 Å². The quantitative estimate of drug-likeness (QED) is 0.185. The van der Waals surface area contributed by atoms with Crippen molar-refractivity contribution in [1.82, 2.24) is 0 Å². The molecule has 0 saturated heterocycles. The van der Waals surface area contributed by atoms with Gasteiger partial charge in [-0.15, -0.1) is 0 Å². The average molecular weight is 521 g/mol. The van der Waals surface area contributed by atoms with Gasteiger partial charge in [0, 0.05) is 0 Å². The average Bonchev–Trinajstić information content (AvgIpc) is 2.89. The Bertz CT molecular complexity index is 1330. The highest BCUT2D eigenvalue weighted by atomic mass is 19.2. The lowest BCUT2D eigenvalue weighted by Crippen LogP contribution is -2.16. The highest BCUT2D eigenvalue weighted by Crippen LogP contribution is 2.43. The van der Waals surface area contributed by atoms with Gasteiger partial charge < -0.3 is 4.74 Å². The first-order valence-electron chi connectivity index (χ1n) is 12.2. The van der Waals surface area contributed by atoms with E-state index in [9.17, 15) is 31.1 Å². The van der Waals surface area contributed by atoms with Crippen LogP contribution in [0.3, 0.4) is 0 Å². The molecular weight excluding hydrogens is 494 g/mol. The number of aryl methyl sites for hydroxylation is 2. The summed E-state index contributed by atoms with van der Waals surface area (Å²) >= 11 is 0. The van der Waals surface area contributed by atoms with Crippen LogP contribution in [0.15, 0.2) is 36.4 Å². The van der Waals surface area contributed by atoms with Crippen LogP contribution < -0.4 is 4.74 Å². The Hall–Kier alpha value is -3.29. The van der Waals surface area contributed by atoms with E-state index >= 15 is 0 Å². The summed E-state index contributed by atoms with van der Waals surface area (Å²) < 4.78 is 91.5. The Labute approximate surface area is 211 Å². The molecule has 1 aliphatic rings. The number of esters is 1. The van der Waals surface area contributed by atoms with Gasteiger partial charge in [0.15, 0.2) is 34.8 Å². The van der Waals surface area contributed by atoms with Gasteiger partial charge in [-0.1, -0.05) is 37.6 Å². The van der Waals surface area contributed by atoms with Crippen LogP contribution in [0.4, 0.5) is 26.3 Å². The van der Waals surface area contributed by atoms with Gasteiger partial charge in [-0.3, -0.25) is 0 Å². The monoisotopic (exact) mass is 520 g/mol. The lowest BCUT2D eigenvalue weighted by molar-refractivity contribution is 0.0720. The standard InChI is InChI=1S/C29H26F6O2/c1-3-4-18-10-12-21(27(34)24(18)31)29(36)37-22-14-13-20(26(33)28(22)35)17-8-6-16(7-9-17)19-11-5-15(2)23(30)25(19)32/h5,10-14,16-17H,3-4,6-9H2,1-2H3. The summed E-state index contributed by atoms with van der Waals surface area (Å²) in [6.45, 7) is 3.27. The Morgan fingerprint density at radius 2 is 1.30 bits per heavy atom. The Morgan fingerprint density at radius 1 is 0.730 bits per heavy atom. The van der Waals surface area contributed by atoms with Gasteiger partial charge in [0.25, 0.3) is 0 Å². The Kier molecular flexibility index (Phi) is 7.95. The zero-order valence-electron chi connectivity index (χ0n) is 20.4. The SMILES string of the molecule is CCCc1ccc(C(=O)Oc2ccc(C3CCC(c4ccc(C)c(F)c4F)CC3)c(F)c2F)c(F)c1F. The van der Waals surface area contributed by atoms with Crippen molar-refractivity contribution >= 4 is 5.97 Å². The molecule has 0 spiro atoms. The predicted octanol–water partition coefficient (Wildman–Crippen LogP) is 8.44.